The predicted molar refractivity (Wildman–Crippen MR) is 214 cm³/mol. The first-order valence-corrected chi connectivity index (χ1v) is 19.5. The quantitative estimate of drug-likeness (QED) is 0.185. The van der Waals surface area contributed by atoms with Gasteiger partial charge in [-0.25, -0.2) is 0 Å². The van der Waals surface area contributed by atoms with Gasteiger partial charge in [-0.05, 0) is 148 Å². The van der Waals surface area contributed by atoms with E-state index in [0.29, 0.717) is 5.41 Å². The zero-order valence-electron chi connectivity index (χ0n) is 30.2. The van der Waals surface area contributed by atoms with E-state index in [4.69, 9.17) is 4.42 Å². The lowest BCUT2D eigenvalue weighted by molar-refractivity contribution is -0.231. The molecule has 0 N–H and O–H groups in total. The summed E-state index contributed by atoms with van der Waals surface area (Å²) in [6, 6.07) is 50.3. The van der Waals surface area contributed by atoms with E-state index in [1.807, 2.05) is 0 Å². The Kier molecular flexibility index (Phi) is 5.59. The molecular weight excluding hydrogens is 631 g/mol. The van der Waals surface area contributed by atoms with Gasteiger partial charge in [0.05, 0.1) is 0 Å². The Balaban J connectivity index is 1.08. The number of benzene rings is 6. The van der Waals surface area contributed by atoms with Crippen molar-refractivity contribution in [3.8, 4) is 22.3 Å². The molecule has 6 unspecified atom stereocenters. The van der Waals surface area contributed by atoms with Crippen molar-refractivity contribution in [1.82, 2.24) is 0 Å². The van der Waals surface area contributed by atoms with Gasteiger partial charge >= 0.3 is 0 Å². The van der Waals surface area contributed by atoms with E-state index in [9.17, 15) is 0 Å². The van der Waals surface area contributed by atoms with Gasteiger partial charge in [0.2, 0.25) is 0 Å². The first-order chi connectivity index (χ1) is 25.3. The molecule has 1 aromatic heterocycles. The van der Waals surface area contributed by atoms with Crippen molar-refractivity contribution in [1.29, 1.82) is 0 Å². The topological polar surface area (TPSA) is 16.4 Å². The number of nitrogens with zero attached hydrogens (tertiary/aromatic N) is 1. The lowest BCUT2D eigenvalue weighted by Gasteiger charge is -2.76. The summed E-state index contributed by atoms with van der Waals surface area (Å²) in [6.07, 6.45) is 5.81. The molecule has 254 valence electrons. The highest BCUT2D eigenvalue weighted by molar-refractivity contribution is 6.06. The van der Waals surface area contributed by atoms with Crippen molar-refractivity contribution in [2.75, 3.05) is 4.90 Å². The van der Waals surface area contributed by atoms with E-state index >= 15 is 0 Å². The number of para-hydroxylation sites is 1. The van der Waals surface area contributed by atoms with Crippen LogP contribution in [0.25, 0.3) is 44.2 Å². The number of fused-ring (bicyclic) bond motifs is 11. The fourth-order valence-electron chi connectivity index (χ4n) is 12.7. The molecule has 12 rings (SSSR count). The Labute approximate surface area is 306 Å². The van der Waals surface area contributed by atoms with Crippen LogP contribution in [0.15, 0.2) is 138 Å². The zero-order valence-corrected chi connectivity index (χ0v) is 30.2. The van der Waals surface area contributed by atoms with E-state index in [-0.39, 0.29) is 10.8 Å². The van der Waals surface area contributed by atoms with Gasteiger partial charge in [-0.3, -0.25) is 0 Å². The van der Waals surface area contributed by atoms with Gasteiger partial charge in [-0.2, -0.15) is 0 Å². The summed E-state index contributed by atoms with van der Waals surface area (Å²) in [4.78, 5) is 2.47. The third kappa shape index (κ3) is 3.56. The van der Waals surface area contributed by atoms with Gasteiger partial charge in [0.25, 0.3) is 0 Å². The van der Waals surface area contributed by atoms with Gasteiger partial charge in [0.1, 0.15) is 11.2 Å². The Hall–Kier alpha value is -5.08. The van der Waals surface area contributed by atoms with Gasteiger partial charge in [0.15, 0.2) is 0 Å². The molecule has 4 saturated carbocycles. The molecule has 0 amide bonds. The fraction of sp³-hybridized carbons (Fsp3) is 0.280. The highest BCUT2D eigenvalue weighted by atomic mass is 16.3. The molecule has 7 aromatic rings. The summed E-state index contributed by atoms with van der Waals surface area (Å²) < 4.78 is 6.47. The maximum Gasteiger partial charge on any atom is 0.137 e. The van der Waals surface area contributed by atoms with Crippen LogP contribution in [0.4, 0.5) is 17.1 Å². The Morgan fingerprint density at radius 1 is 0.577 bits per heavy atom. The van der Waals surface area contributed by atoms with Crippen molar-refractivity contribution >= 4 is 39.0 Å². The minimum Gasteiger partial charge on any atom is -0.456 e. The minimum atomic E-state index is 0.0307. The molecule has 2 spiro atoms. The van der Waals surface area contributed by atoms with Crippen molar-refractivity contribution in [3.05, 3.63) is 150 Å². The van der Waals surface area contributed by atoms with Crippen LogP contribution >= 0.6 is 0 Å². The standard InChI is InChI=1S/C50H43NO/c1-48(2,3)33-12-9-13-35(25-33)51(37-17-19-39-38-14-7-8-15-44(38)52-45(39)28-37)36-18-21-43-41(27-36)40-24-32(31-10-5-4-6-11-31)16-20-42(40)50(43)46-23-30-22-34-26-47(50)49(34,46)29-30/h4-21,24-25,27-28,30,34,46-47H,22-23,26,29H2,1-3H3. The molecule has 5 aliphatic rings. The van der Waals surface area contributed by atoms with E-state index in [2.05, 4.69) is 159 Å². The summed E-state index contributed by atoms with van der Waals surface area (Å²) in [6.45, 7) is 6.91. The summed E-state index contributed by atoms with van der Waals surface area (Å²) in [5, 5.41) is 2.32. The Morgan fingerprint density at radius 3 is 2.13 bits per heavy atom. The van der Waals surface area contributed by atoms with Gasteiger partial charge < -0.3 is 9.32 Å². The number of hydrogen-bond acceptors (Lipinski definition) is 2. The van der Waals surface area contributed by atoms with Gasteiger partial charge in [-0.15, -0.1) is 0 Å². The van der Waals surface area contributed by atoms with Crippen LogP contribution in [-0.4, -0.2) is 0 Å². The number of anilines is 3. The molecule has 6 atom stereocenters. The number of furan rings is 1. The van der Waals surface area contributed by atoms with Crippen LogP contribution in [0.3, 0.4) is 0 Å². The first-order valence-electron chi connectivity index (χ1n) is 19.5. The molecule has 4 fully saturated rings. The number of rotatable bonds is 4. The van der Waals surface area contributed by atoms with Crippen LogP contribution in [0.2, 0.25) is 0 Å². The molecular formula is C50H43NO. The summed E-state index contributed by atoms with van der Waals surface area (Å²) >= 11 is 0. The largest absolute Gasteiger partial charge is 0.456 e. The van der Waals surface area contributed by atoms with E-state index in [0.717, 1.165) is 51.3 Å². The second kappa shape index (κ2) is 9.86. The fourth-order valence-corrected chi connectivity index (χ4v) is 12.7. The molecule has 2 heteroatoms. The first kappa shape index (κ1) is 29.5. The molecule has 0 saturated heterocycles. The summed E-state index contributed by atoms with van der Waals surface area (Å²) in [5.74, 6) is 3.48. The van der Waals surface area contributed by atoms with Crippen molar-refractivity contribution in [2.45, 2.75) is 57.3 Å². The summed E-state index contributed by atoms with van der Waals surface area (Å²) in [5.41, 5.74) is 16.2. The molecule has 1 heterocycles. The van der Waals surface area contributed by atoms with Crippen molar-refractivity contribution in [2.24, 2.45) is 29.1 Å². The second-order valence-corrected chi connectivity index (χ2v) is 17.8. The smallest absolute Gasteiger partial charge is 0.137 e. The van der Waals surface area contributed by atoms with Crippen molar-refractivity contribution in [3.63, 3.8) is 0 Å². The molecule has 6 aromatic carbocycles. The lowest BCUT2D eigenvalue weighted by Crippen LogP contribution is -2.73. The van der Waals surface area contributed by atoms with E-state index < -0.39 is 0 Å². The average Bonchev–Trinajstić information content (AvgIpc) is 3.89. The summed E-state index contributed by atoms with van der Waals surface area (Å²) in [7, 11) is 0. The van der Waals surface area contributed by atoms with Gasteiger partial charge in [0, 0.05) is 39.3 Å². The predicted octanol–water partition coefficient (Wildman–Crippen LogP) is 13.4. The second-order valence-electron chi connectivity index (χ2n) is 17.8. The third-order valence-corrected chi connectivity index (χ3v) is 14.7. The normalized spacial score (nSPS) is 27.4. The van der Waals surface area contributed by atoms with E-state index in [1.54, 1.807) is 11.1 Å². The van der Waals surface area contributed by atoms with Crippen LogP contribution in [0, 0.1) is 29.1 Å². The van der Waals surface area contributed by atoms with Crippen LogP contribution < -0.4 is 4.90 Å². The highest BCUT2D eigenvalue weighted by Crippen LogP contribution is 2.89. The molecule has 2 bridgehead atoms. The maximum atomic E-state index is 6.47. The lowest BCUT2D eigenvalue weighted by atomic mass is 9.27. The molecule has 52 heavy (non-hydrogen) atoms. The average molecular weight is 674 g/mol. The Bertz CT molecular complexity index is 2620. The SMILES string of the molecule is CC(C)(C)c1cccc(N(c2ccc3c(c2)-c2cc(-c4ccccc4)ccc2C32C3CC4CC5CC2C53C4)c2ccc3c(c2)oc2ccccc23)c1. The minimum absolute atomic E-state index is 0.0307. The number of hydrogen-bond donors (Lipinski definition) is 0. The van der Waals surface area contributed by atoms with Crippen LogP contribution in [0.1, 0.15) is 63.1 Å². The van der Waals surface area contributed by atoms with Crippen LogP contribution in [-0.2, 0) is 10.8 Å². The highest BCUT2D eigenvalue weighted by Gasteiger charge is 2.84. The van der Waals surface area contributed by atoms with Crippen molar-refractivity contribution < 1.29 is 4.42 Å². The molecule has 5 aliphatic carbocycles. The monoisotopic (exact) mass is 673 g/mol. The Morgan fingerprint density at radius 2 is 1.29 bits per heavy atom. The molecule has 0 radical (unpaired) electrons. The molecule has 2 nitrogen and oxygen atoms in total. The van der Waals surface area contributed by atoms with Gasteiger partial charge in [-0.1, -0.05) is 99.6 Å². The van der Waals surface area contributed by atoms with Crippen LogP contribution in [0.5, 0.6) is 0 Å². The maximum absolute atomic E-state index is 6.47. The molecule has 0 aliphatic heterocycles. The zero-order chi connectivity index (χ0) is 34.6. The van der Waals surface area contributed by atoms with E-state index in [1.165, 1.54) is 64.9 Å². The third-order valence-electron chi connectivity index (χ3n) is 14.7.